The fourth-order valence-electron chi connectivity index (χ4n) is 4.72. The first-order valence-corrected chi connectivity index (χ1v) is 13.1. The molecule has 0 bridgehead atoms. The van der Waals surface area contributed by atoms with Crippen LogP contribution >= 0.6 is 0 Å². The highest BCUT2D eigenvalue weighted by Gasteiger charge is 2.28. The number of anilines is 1. The van der Waals surface area contributed by atoms with E-state index in [0.717, 1.165) is 6.07 Å². The molecule has 3 N–H and O–H groups in total. The Morgan fingerprint density at radius 1 is 1.19 bits per heavy atom. The van der Waals surface area contributed by atoms with E-state index in [1.54, 1.807) is 6.20 Å². The molecule has 1 unspecified atom stereocenters. The molecule has 0 spiro atoms. The number of benzene rings is 1. The number of hydrogen-bond donors (Lipinski definition) is 3. The van der Waals surface area contributed by atoms with Gasteiger partial charge in [0.05, 0.1) is 63.5 Å². The number of carbonyl (C=O) groups is 1. The number of ether oxygens (including phenoxy) is 3. The van der Waals surface area contributed by atoms with E-state index in [2.05, 4.69) is 37.3 Å². The van der Waals surface area contributed by atoms with Crippen LogP contribution in [0.2, 0.25) is 0 Å². The first-order chi connectivity index (χ1) is 20.4. The van der Waals surface area contributed by atoms with E-state index in [0.29, 0.717) is 36.1 Å². The van der Waals surface area contributed by atoms with E-state index in [1.165, 1.54) is 43.4 Å². The molecule has 14 heteroatoms. The minimum absolute atomic E-state index is 0.0446. The minimum Gasteiger partial charge on any atom is -0.494 e. The van der Waals surface area contributed by atoms with Crippen molar-refractivity contribution in [3.05, 3.63) is 55.0 Å². The fourth-order valence-corrected chi connectivity index (χ4v) is 4.72. The summed E-state index contributed by atoms with van der Waals surface area (Å²) in [5.41, 5.74) is 0.650. The maximum Gasteiger partial charge on any atom is 0.243 e. The molecule has 12 nitrogen and oxygen atoms in total. The van der Waals surface area contributed by atoms with Gasteiger partial charge < -0.3 is 30.0 Å². The predicted molar refractivity (Wildman–Crippen MR) is 149 cm³/mol. The van der Waals surface area contributed by atoms with Crippen molar-refractivity contribution in [3.63, 3.8) is 0 Å². The van der Waals surface area contributed by atoms with Crippen molar-refractivity contribution in [2.75, 3.05) is 39.4 Å². The lowest BCUT2D eigenvalue weighted by Gasteiger charge is -2.32. The Bertz CT molecular complexity index is 1600. The standard InChI is InChI=1S/C28H29F2N7O5/c1-4-22(39)33-17-5-8-42-14-19(17)35-28-31-11-15-9-18(23-24(29)20(40-2)10-21(41-3)25(23)30)34-27(26(15)36-28)16-12-32-37(13-16)6-7-38/h4,9-13,17,19,38H,1,5-8,14H2,2-3H3,(H,33,39)(H,31,35,36)/t17?,19-/m1/s1. The van der Waals surface area contributed by atoms with Crippen LogP contribution in [0.1, 0.15) is 6.42 Å². The summed E-state index contributed by atoms with van der Waals surface area (Å²) in [5, 5.41) is 20.2. The molecule has 220 valence electrons. The van der Waals surface area contributed by atoms with Gasteiger partial charge in [0, 0.05) is 36.0 Å². The van der Waals surface area contributed by atoms with Gasteiger partial charge in [0.1, 0.15) is 11.2 Å². The van der Waals surface area contributed by atoms with Crippen LogP contribution in [0.25, 0.3) is 33.4 Å². The number of aromatic nitrogens is 5. The van der Waals surface area contributed by atoms with Crippen LogP contribution in [-0.2, 0) is 16.1 Å². The van der Waals surface area contributed by atoms with E-state index in [9.17, 15) is 9.90 Å². The topological polar surface area (TPSA) is 146 Å². The number of hydrogen-bond acceptors (Lipinski definition) is 10. The van der Waals surface area contributed by atoms with Crippen molar-refractivity contribution in [2.45, 2.75) is 25.0 Å². The van der Waals surface area contributed by atoms with E-state index in [-0.39, 0.29) is 60.0 Å². The monoisotopic (exact) mass is 581 g/mol. The Morgan fingerprint density at radius 3 is 2.64 bits per heavy atom. The van der Waals surface area contributed by atoms with Gasteiger partial charge in [0.2, 0.25) is 11.9 Å². The van der Waals surface area contributed by atoms with Crippen LogP contribution in [0.15, 0.2) is 43.4 Å². The van der Waals surface area contributed by atoms with Crippen molar-refractivity contribution in [1.82, 2.24) is 30.0 Å². The average Bonchev–Trinajstić information content (AvgIpc) is 3.46. The van der Waals surface area contributed by atoms with E-state index >= 15 is 8.78 Å². The van der Waals surface area contributed by atoms with Crippen molar-refractivity contribution in [1.29, 1.82) is 0 Å². The van der Waals surface area contributed by atoms with Crippen LogP contribution < -0.4 is 20.1 Å². The molecular weight excluding hydrogens is 552 g/mol. The number of amides is 1. The molecule has 1 amide bonds. The molecule has 2 atom stereocenters. The third-order valence-electron chi connectivity index (χ3n) is 6.82. The van der Waals surface area contributed by atoms with E-state index < -0.39 is 17.2 Å². The zero-order valence-corrected chi connectivity index (χ0v) is 22.9. The number of rotatable bonds is 10. The lowest BCUT2D eigenvalue weighted by atomic mass is 10.0. The largest absolute Gasteiger partial charge is 0.494 e. The molecular formula is C28H29F2N7O5. The summed E-state index contributed by atoms with van der Waals surface area (Å²) in [6, 6.07) is 2.00. The summed E-state index contributed by atoms with van der Waals surface area (Å²) in [7, 11) is 2.53. The van der Waals surface area contributed by atoms with Gasteiger partial charge in [-0.15, -0.1) is 0 Å². The molecule has 1 aliphatic heterocycles. The molecule has 1 fully saturated rings. The van der Waals surface area contributed by atoms with Crippen molar-refractivity contribution in [3.8, 4) is 34.0 Å². The normalized spacial score (nSPS) is 16.7. The number of carbonyl (C=O) groups excluding carboxylic acids is 1. The minimum atomic E-state index is -0.950. The number of fused-ring (bicyclic) bond motifs is 1. The third kappa shape index (κ3) is 5.71. The smallest absolute Gasteiger partial charge is 0.243 e. The van der Waals surface area contributed by atoms with Crippen LogP contribution in [-0.4, -0.2) is 81.9 Å². The lowest BCUT2D eigenvalue weighted by molar-refractivity contribution is -0.117. The molecule has 1 aromatic carbocycles. The average molecular weight is 582 g/mol. The van der Waals surface area contributed by atoms with Gasteiger partial charge in [-0.3, -0.25) is 9.48 Å². The van der Waals surface area contributed by atoms with Gasteiger partial charge in [-0.2, -0.15) is 5.10 Å². The highest BCUT2D eigenvalue weighted by Crippen LogP contribution is 2.39. The Morgan fingerprint density at radius 2 is 1.95 bits per heavy atom. The fraction of sp³-hybridized carbons (Fsp3) is 0.321. The molecule has 0 aliphatic carbocycles. The van der Waals surface area contributed by atoms with Crippen LogP contribution in [0.5, 0.6) is 11.5 Å². The van der Waals surface area contributed by atoms with Crippen molar-refractivity contribution in [2.24, 2.45) is 0 Å². The molecule has 5 rings (SSSR count). The van der Waals surface area contributed by atoms with Crippen LogP contribution in [0.3, 0.4) is 0 Å². The number of aliphatic hydroxyl groups excluding tert-OH is 1. The van der Waals surface area contributed by atoms with Gasteiger partial charge >= 0.3 is 0 Å². The summed E-state index contributed by atoms with van der Waals surface area (Å²) in [6.45, 7) is 4.38. The number of nitrogens with zero attached hydrogens (tertiary/aromatic N) is 5. The second kappa shape index (κ2) is 12.4. The molecule has 0 radical (unpaired) electrons. The highest BCUT2D eigenvalue weighted by atomic mass is 19.1. The molecule has 1 aliphatic rings. The Kier molecular flexibility index (Phi) is 8.54. The first kappa shape index (κ1) is 28.8. The quantitative estimate of drug-likeness (QED) is 0.239. The van der Waals surface area contributed by atoms with Crippen LogP contribution in [0, 0.1) is 11.6 Å². The lowest BCUT2D eigenvalue weighted by Crippen LogP contribution is -2.52. The first-order valence-electron chi connectivity index (χ1n) is 13.1. The summed E-state index contributed by atoms with van der Waals surface area (Å²) >= 11 is 0. The van der Waals surface area contributed by atoms with E-state index in [4.69, 9.17) is 14.2 Å². The second-order valence-electron chi connectivity index (χ2n) is 9.42. The maximum absolute atomic E-state index is 15.5. The van der Waals surface area contributed by atoms with Gasteiger partial charge in [-0.1, -0.05) is 6.58 Å². The Labute approximate surface area is 239 Å². The number of pyridine rings is 1. The van der Waals surface area contributed by atoms with Crippen LogP contribution in [0.4, 0.5) is 14.7 Å². The Hall–Kier alpha value is -4.69. The van der Waals surface area contributed by atoms with Gasteiger partial charge in [0.25, 0.3) is 0 Å². The summed E-state index contributed by atoms with van der Waals surface area (Å²) < 4.78 is 48.2. The van der Waals surface area contributed by atoms with Gasteiger partial charge in [-0.25, -0.2) is 23.7 Å². The number of aliphatic hydroxyl groups is 1. The zero-order valence-electron chi connectivity index (χ0n) is 22.9. The predicted octanol–water partition coefficient (Wildman–Crippen LogP) is 2.71. The second-order valence-corrected chi connectivity index (χ2v) is 9.42. The number of methoxy groups -OCH3 is 2. The molecule has 4 aromatic rings. The van der Waals surface area contributed by atoms with Crippen molar-refractivity contribution >= 4 is 22.8 Å². The van der Waals surface area contributed by atoms with Crippen molar-refractivity contribution < 1.29 is 32.9 Å². The number of nitrogens with one attached hydrogen (secondary N) is 2. The maximum atomic E-state index is 15.5. The third-order valence-corrected chi connectivity index (χ3v) is 6.82. The van der Waals surface area contributed by atoms with Gasteiger partial charge in [-0.05, 0) is 18.6 Å². The number of halogens is 2. The Balaban J connectivity index is 1.63. The SMILES string of the molecule is C=CC(=O)NC1CCOC[C@H]1Nc1ncc2cc(-c3c(F)c(OC)cc(OC)c3F)nc(-c3cnn(CCO)c3)c2n1. The highest BCUT2D eigenvalue weighted by molar-refractivity contribution is 5.94. The summed E-state index contributed by atoms with van der Waals surface area (Å²) in [6.07, 6.45) is 6.45. The molecule has 0 saturated carbocycles. The molecule has 42 heavy (non-hydrogen) atoms. The van der Waals surface area contributed by atoms with E-state index in [1.807, 2.05) is 0 Å². The summed E-state index contributed by atoms with van der Waals surface area (Å²) in [4.78, 5) is 25.7. The molecule has 4 heterocycles. The molecule has 1 saturated heterocycles. The molecule has 3 aromatic heterocycles. The zero-order chi connectivity index (χ0) is 29.8. The van der Waals surface area contributed by atoms with Gasteiger partial charge in [0.15, 0.2) is 23.1 Å². The summed E-state index contributed by atoms with van der Waals surface area (Å²) in [5.74, 6) is -2.41.